The number of carbonyl (C=O) groups is 2. The Labute approximate surface area is 252 Å². The highest BCUT2D eigenvalue weighted by molar-refractivity contribution is 7.92. The van der Waals surface area contributed by atoms with E-state index < -0.39 is 28.5 Å². The first-order valence-electron chi connectivity index (χ1n) is 13.7. The van der Waals surface area contributed by atoms with Crippen molar-refractivity contribution < 1.29 is 18.0 Å². The maximum atomic E-state index is 14.0. The number of anilines is 1. The van der Waals surface area contributed by atoms with Gasteiger partial charge in [-0.3, -0.25) is 13.9 Å². The predicted octanol–water partition coefficient (Wildman–Crippen LogP) is 6.36. The molecular formula is C31H35Cl2N3O4S. The molecular weight excluding hydrogens is 581 g/mol. The molecule has 3 aromatic rings. The van der Waals surface area contributed by atoms with Crippen LogP contribution in [0.15, 0.2) is 77.7 Å². The number of benzene rings is 3. The molecule has 3 aromatic carbocycles. The van der Waals surface area contributed by atoms with Crippen molar-refractivity contribution in [2.45, 2.75) is 69.5 Å². The molecule has 1 atom stereocenters. The van der Waals surface area contributed by atoms with E-state index in [1.54, 1.807) is 61.5 Å². The minimum absolute atomic E-state index is 0.0512. The summed E-state index contributed by atoms with van der Waals surface area (Å²) in [5.41, 5.74) is 1.91. The lowest BCUT2D eigenvalue weighted by Gasteiger charge is -2.33. The highest BCUT2D eigenvalue weighted by Gasteiger charge is 2.33. The van der Waals surface area contributed by atoms with Gasteiger partial charge in [0.2, 0.25) is 11.8 Å². The number of hydrogen-bond acceptors (Lipinski definition) is 4. The summed E-state index contributed by atoms with van der Waals surface area (Å²) in [4.78, 5) is 28.9. The topological polar surface area (TPSA) is 86.8 Å². The molecule has 0 spiro atoms. The smallest absolute Gasteiger partial charge is 0.264 e. The number of aryl methyl sites for hydroxylation is 1. The highest BCUT2D eigenvalue weighted by Crippen LogP contribution is 2.27. The van der Waals surface area contributed by atoms with Crippen LogP contribution in [0.5, 0.6) is 0 Å². The number of hydrogen-bond donors (Lipinski definition) is 1. The molecule has 41 heavy (non-hydrogen) atoms. The van der Waals surface area contributed by atoms with Gasteiger partial charge < -0.3 is 10.2 Å². The first-order valence-corrected chi connectivity index (χ1v) is 15.9. The lowest BCUT2D eigenvalue weighted by atomic mass is 9.95. The molecule has 0 aliphatic heterocycles. The molecule has 2 amide bonds. The summed E-state index contributed by atoms with van der Waals surface area (Å²) >= 11 is 12.3. The van der Waals surface area contributed by atoms with Crippen molar-refractivity contribution in [3.05, 3.63) is 94.0 Å². The molecule has 1 N–H and O–H groups in total. The van der Waals surface area contributed by atoms with Gasteiger partial charge in [-0.05, 0) is 80.8 Å². The Bertz CT molecular complexity index is 1460. The van der Waals surface area contributed by atoms with E-state index in [-0.39, 0.29) is 29.1 Å². The first kappa shape index (κ1) is 30.9. The van der Waals surface area contributed by atoms with Crippen LogP contribution in [0.3, 0.4) is 0 Å². The number of sulfonamides is 1. The normalized spacial score (nSPS) is 14.7. The van der Waals surface area contributed by atoms with Gasteiger partial charge in [0, 0.05) is 22.6 Å². The third-order valence-electron chi connectivity index (χ3n) is 7.36. The van der Waals surface area contributed by atoms with Gasteiger partial charge in [0.05, 0.1) is 10.6 Å². The molecule has 218 valence electrons. The summed E-state index contributed by atoms with van der Waals surface area (Å²) in [5.74, 6) is -0.798. The van der Waals surface area contributed by atoms with Crippen LogP contribution in [-0.4, -0.2) is 43.8 Å². The van der Waals surface area contributed by atoms with Crippen molar-refractivity contribution >= 4 is 50.7 Å². The van der Waals surface area contributed by atoms with E-state index in [4.69, 9.17) is 23.2 Å². The number of nitrogens with zero attached hydrogens (tertiary/aromatic N) is 2. The first-order chi connectivity index (χ1) is 19.5. The SMILES string of the molecule is Cc1ccc(S(=O)(=O)N(CC(=O)N(Cc2cccc(Cl)c2)C(C)C(=O)NC2CCCCC2)c2ccc(Cl)cc2)cc1. The minimum atomic E-state index is -4.14. The summed E-state index contributed by atoms with van der Waals surface area (Å²) in [5, 5.41) is 4.03. The Morgan fingerprint density at radius 3 is 2.22 bits per heavy atom. The third-order valence-corrected chi connectivity index (χ3v) is 9.64. The fourth-order valence-corrected chi connectivity index (χ4v) is 6.71. The summed E-state index contributed by atoms with van der Waals surface area (Å²) in [7, 11) is -4.14. The standard InChI is InChI=1S/C31H35Cl2N3O4S/c1-22-11-17-29(18-12-22)41(39,40)36(28-15-13-25(32)14-16-28)21-30(37)35(20-24-7-6-8-26(33)19-24)23(2)31(38)34-27-9-4-3-5-10-27/h6-8,11-19,23,27H,3-5,9-10,20-21H2,1-2H3,(H,34,38). The second kappa shape index (κ2) is 13.7. The molecule has 0 radical (unpaired) electrons. The number of carbonyl (C=O) groups excluding carboxylic acids is 2. The lowest BCUT2D eigenvalue weighted by Crippen LogP contribution is -2.53. The second-order valence-corrected chi connectivity index (χ2v) is 13.2. The third kappa shape index (κ3) is 8.03. The number of amides is 2. The largest absolute Gasteiger partial charge is 0.352 e. The maximum Gasteiger partial charge on any atom is 0.264 e. The van der Waals surface area contributed by atoms with Crippen molar-refractivity contribution in [3.63, 3.8) is 0 Å². The van der Waals surface area contributed by atoms with Crippen LogP contribution in [0.1, 0.15) is 50.2 Å². The Hall–Kier alpha value is -3.07. The monoisotopic (exact) mass is 615 g/mol. The number of nitrogens with one attached hydrogen (secondary N) is 1. The average molecular weight is 617 g/mol. The van der Waals surface area contributed by atoms with Crippen LogP contribution in [-0.2, 0) is 26.2 Å². The molecule has 1 unspecified atom stereocenters. The zero-order valence-electron chi connectivity index (χ0n) is 23.2. The van der Waals surface area contributed by atoms with Crippen LogP contribution >= 0.6 is 23.2 Å². The van der Waals surface area contributed by atoms with E-state index in [0.29, 0.717) is 10.0 Å². The summed E-state index contributed by atoms with van der Waals surface area (Å²) in [6.07, 6.45) is 5.06. The van der Waals surface area contributed by atoms with Gasteiger partial charge in [-0.25, -0.2) is 8.42 Å². The molecule has 0 aromatic heterocycles. The van der Waals surface area contributed by atoms with Crippen LogP contribution in [0.4, 0.5) is 5.69 Å². The predicted molar refractivity (Wildman–Crippen MR) is 164 cm³/mol. The Morgan fingerprint density at radius 1 is 0.927 bits per heavy atom. The van der Waals surface area contributed by atoms with Crippen molar-refractivity contribution in [2.75, 3.05) is 10.8 Å². The minimum Gasteiger partial charge on any atom is -0.352 e. The molecule has 1 saturated carbocycles. The maximum absolute atomic E-state index is 14.0. The highest BCUT2D eigenvalue weighted by atomic mass is 35.5. The van der Waals surface area contributed by atoms with Gasteiger partial charge >= 0.3 is 0 Å². The van der Waals surface area contributed by atoms with Crippen molar-refractivity contribution in [2.24, 2.45) is 0 Å². The molecule has 0 heterocycles. The average Bonchev–Trinajstić information content (AvgIpc) is 2.95. The van der Waals surface area contributed by atoms with Gasteiger partial charge in [0.1, 0.15) is 12.6 Å². The zero-order valence-corrected chi connectivity index (χ0v) is 25.6. The Kier molecular flexibility index (Phi) is 10.3. The van der Waals surface area contributed by atoms with Crippen molar-refractivity contribution in [3.8, 4) is 0 Å². The number of rotatable bonds is 10. The molecule has 0 saturated heterocycles. The van der Waals surface area contributed by atoms with E-state index in [1.807, 2.05) is 13.0 Å². The van der Waals surface area contributed by atoms with Crippen molar-refractivity contribution in [1.29, 1.82) is 0 Å². The second-order valence-electron chi connectivity index (χ2n) is 10.5. The summed E-state index contributed by atoms with van der Waals surface area (Å²) < 4.78 is 28.8. The fourth-order valence-electron chi connectivity index (χ4n) is 4.96. The van der Waals surface area contributed by atoms with Crippen molar-refractivity contribution in [1.82, 2.24) is 10.2 Å². The zero-order chi connectivity index (χ0) is 29.6. The van der Waals surface area contributed by atoms with Gasteiger partial charge in [-0.15, -0.1) is 0 Å². The van der Waals surface area contributed by atoms with E-state index in [1.165, 1.54) is 17.0 Å². The van der Waals surface area contributed by atoms with Gasteiger partial charge in [-0.1, -0.05) is 72.3 Å². The molecule has 4 rings (SSSR count). The van der Waals surface area contributed by atoms with Gasteiger partial charge in [0.25, 0.3) is 10.0 Å². The van der Waals surface area contributed by atoms with Crippen LogP contribution in [0.25, 0.3) is 0 Å². The van der Waals surface area contributed by atoms with E-state index in [2.05, 4.69) is 5.32 Å². The van der Waals surface area contributed by atoms with Crippen LogP contribution in [0.2, 0.25) is 10.0 Å². The van der Waals surface area contributed by atoms with E-state index >= 15 is 0 Å². The molecule has 7 nitrogen and oxygen atoms in total. The molecule has 1 fully saturated rings. The molecule has 1 aliphatic rings. The van der Waals surface area contributed by atoms with Crippen LogP contribution < -0.4 is 9.62 Å². The Balaban J connectivity index is 1.67. The van der Waals surface area contributed by atoms with Crippen LogP contribution in [0, 0.1) is 6.92 Å². The summed E-state index contributed by atoms with van der Waals surface area (Å²) in [6, 6.07) is 19.0. The molecule has 10 heteroatoms. The fraction of sp³-hybridized carbons (Fsp3) is 0.355. The summed E-state index contributed by atoms with van der Waals surface area (Å²) in [6.45, 7) is 3.10. The van der Waals surface area contributed by atoms with Gasteiger partial charge in [-0.2, -0.15) is 0 Å². The molecule has 0 bridgehead atoms. The quantitative estimate of drug-likeness (QED) is 0.287. The molecule has 1 aliphatic carbocycles. The number of halogens is 2. The Morgan fingerprint density at radius 2 is 1.59 bits per heavy atom. The lowest BCUT2D eigenvalue weighted by molar-refractivity contribution is -0.139. The van der Waals surface area contributed by atoms with E-state index in [9.17, 15) is 18.0 Å². The van der Waals surface area contributed by atoms with E-state index in [0.717, 1.165) is 47.5 Å². The van der Waals surface area contributed by atoms with Gasteiger partial charge in [0.15, 0.2) is 0 Å².